The van der Waals surface area contributed by atoms with Gasteiger partial charge in [-0.15, -0.1) is 0 Å². The van der Waals surface area contributed by atoms with E-state index in [0.29, 0.717) is 0 Å². The molecule has 0 bridgehead atoms. The van der Waals surface area contributed by atoms with Gasteiger partial charge in [0.05, 0.1) is 19.8 Å². The minimum absolute atomic E-state index is 0.780. The number of hydrogen-bond acceptors (Lipinski definition) is 16. The van der Waals surface area contributed by atoms with E-state index < -0.39 is 112 Å². The molecule has 15 atom stereocenters. The van der Waals surface area contributed by atoms with Gasteiger partial charge >= 0.3 is 0 Å². The van der Waals surface area contributed by atoms with E-state index in [9.17, 15) is 46.0 Å². The molecule has 0 unspecified atom stereocenters. The second-order valence-electron chi connectivity index (χ2n) is 8.34. The Morgan fingerprint density at radius 3 is 1.71 bits per heavy atom. The summed E-state index contributed by atoms with van der Waals surface area (Å²) in [5, 5.41) is 108. The fraction of sp³-hybridized carbons (Fsp3) is 1.00. The lowest BCUT2D eigenvalue weighted by Crippen LogP contribution is -2.46. The summed E-state index contributed by atoms with van der Waals surface area (Å²) in [7, 11) is 0. The maximum atomic E-state index is 10.4. The zero-order valence-electron chi connectivity index (χ0n) is 17.7. The van der Waals surface area contributed by atoms with Crippen LogP contribution in [0.1, 0.15) is 0 Å². The average Bonchev–Trinajstić information content (AvgIpc) is 3.39. The second kappa shape index (κ2) is 11.6. The molecule has 0 aromatic carbocycles. The Kier molecular flexibility index (Phi) is 9.54. The Morgan fingerprint density at radius 1 is 0.588 bits per heavy atom. The molecule has 3 saturated heterocycles. The van der Waals surface area contributed by atoms with Crippen LogP contribution in [0.4, 0.5) is 0 Å². The molecule has 16 nitrogen and oxygen atoms in total. The fourth-order valence-electron chi connectivity index (χ4n) is 4.10. The Morgan fingerprint density at radius 2 is 1.12 bits per heavy atom. The molecule has 0 spiro atoms. The Labute approximate surface area is 192 Å². The van der Waals surface area contributed by atoms with Crippen molar-refractivity contribution in [1.82, 2.24) is 0 Å². The molecular formula is C18H32O16. The van der Waals surface area contributed by atoms with E-state index in [1.54, 1.807) is 0 Å². The summed E-state index contributed by atoms with van der Waals surface area (Å²) in [5.74, 6) is 0. The van der Waals surface area contributed by atoms with Crippen molar-refractivity contribution in [2.45, 2.75) is 92.1 Å². The van der Waals surface area contributed by atoms with E-state index in [1.807, 2.05) is 0 Å². The van der Waals surface area contributed by atoms with Crippen LogP contribution in [-0.2, 0) is 23.7 Å². The summed E-state index contributed by atoms with van der Waals surface area (Å²) in [4.78, 5) is 0. The van der Waals surface area contributed by atoms with Gasteiger partial charge in [-0.2, -0.15) is 0 Å². The predicted molar refractivity (Wildman–Crippen MR) is 101 cm³/mol. The van der Waals surface area contributed by atoms with Crippen molar-refractivity contribution in [2.75, 3.05) is 19.8 Å². The van der Waals surface area contributed by atoms with Crippen LogP contribution < -0.4 is 0 Å². The van der Waals surface area contributed by atoms with Gasteiger partial charge in [0.2, 0.25) is 0 Å². The van der Waals surface area contributed by atoms with Crippen molar-refractivity contribution in [3.63, 3.8) is 0 Å². The van der Waals surface area contributed by atoms with Gasteiger partial charge in [-0.3, -0.25) is 0 Å². The van der Waals surface area contributed by atoms with Crippen LogP contribution in [0.5, 0.6) is 0 Å². The summed E-state index contributed by atoms with van der Waals surface area (Å²) in [6, 6.07) is 0. The van der Waals surface area contributed by atoms with Gasteiger partial charge < -0.3 is 79.9 Å². The first-order chi connectivity index (χ1) is 16.0. The number of aliphatic hydroxyl groups is 11. The highest BCUT2D eigenvalue weighted by Crippen LogP contribution is 2.33. The first kappa shape index (κ1) is 27.9. The quantitative estimate of drug-likeness (QED) is 0.132. The van der Waals surface area contributed by atoms with Crippen molar-refractivity contribution in [2.24, 2.45) is 0 Å². The average molecular weight is 504 g/mol. The third-order valence-electron chi connectivity index (χ3n) is 6.04. The van der Waals surface area contributed by atoms with Crippen LogP contribution >= 0.6 is 0 Å². The predicted octanol–water partition coefficient (Wildman–Crippen LogP) is -7.57. The molecule has 0 saturated carbocycles. The van der Waals surface area contributed by atoms with E-state index in [2.05, 4.69) is 0 Å². The van der Waals surface area contributed by atoms with E-state index in [-0.39, 0.29) is 0 Å². The molecule has 16 heteroatoms. The smallest absolute Gasteiger partial charge is 0.187 e. The minimum Gasteiger partial charge on any atom is -0.394 e. The van der Waals surface area contributed by atoms with Gasteiger partial charge in [-0.25, -0.2) is 0 Å². The molecule has 3 aliphatic rings. The Hall–Kier alpha value is -0.640. The normalized spacial score (nSPS) is 47.7. The standard InChI is InChI=1S/C18H32O16/c19-1-4(22)12-7(24)9(26)17(32-12)30-6(3-21)14-8(25)10(27)18(33-14)34-15-11(28)16(29)31-13(15)5(23)2-20/h4-29H,1-3H2/t4-,5-,6-,7-,8-,9-,10-,11-,12+,13+,14+,15-,16-,17-,18+/m1/s1. The lowest BCUT2D eigenvalue weighted by molar-refractivity contribution is -0.255. The van der Waals surface area contributed by atoms with Crippen LogP contribution in [0.25, 0.3) is 0 Å². The number of hydrogen-bond donors (Lipinski definition) is 11. The van der Waals surface area contributed by atoms with Crippen molar-refractivity contribution in [1.29, 1.82) is 0 Å². The van der Waals surface area contributed by atoms with Crippen molar-refractivity contribution in [3.05, 3.63) is 0 Å². The van der Waals surface area contributed by atoms with E-state index in [1.165, 1.54) is 0 Å². The van der Waals surface area contributed by atoms with E-state index in [0.717, 1.165) is 0 Å². The van der Waals surface area contributed by atoms with E-state index in [4.69, 9.17) is 33.9 Å². The zero-order valence-corrected chi connectivity index (χ0v) is 17.7. The maximum Gasteiger partial charge on any atom is 0.187 e. The van der Waals surface area contributed by atoms with Crippen molar-refractivity contribution >= 4 is 0 Å². The molecule has 3 rings (SSSR count). The molecule has 11 N–H and O–H groups in total. The molecule has 0 aromatic heterocycles. The summed E-state index contributed by atoms with van der Waals surface area (Å²) >= 11 is 0. The van der Waals surface area contributed by atoms with Gasteiger partial charge in [0.25, 0.3) is 0 Å². The largest absolute Gasteiger partial charge is 0.394 e. The Bertz CT molecular complexity index is 641. The third kappa shape index (κ3) is 5.37. The van der Waals surface area contributed by atoms with Crippen LogP contribution in [0.3, 0.4) is 0 Å². The van der Waals surface area contributed by atoms with Gasteiger partial charge in [0.15, 0.2) is 18.9 Å². The van der Waals surface area contributed by atoms with Crippen LogP contribution in [0.15, 0.2) is 0 Å². The SMILES string of the molecule is OC[C@@H](O)[C@@H]1O[C@@H](O[C@H](CO)[C@@H]2O[C@@H](O[C@@H]3[C@@H](O)[C@H](O)O[C@H]3[C@H](O)CO)[C@H](O)[C@H]2O)[C@H](O)[C@H]1O. The van der Waals surface area contributed by atoms with Crippen LogP contribution in [0.2, 0.25) is 0 Å². The molecule has 0 aromatic rings. The van der Waals surface area contributed by atoms with Gasteiger partial charge in [-0.1, -0.05) is 0 Å². The third-order valence-corrected chi connectivity index (χ3v) is 6.04. The molecule has 0 radical (unpaired) electrons. The fourth-order valence-corrected chi connectivity index (χ4v) is 4.10. The van der Waals surface area contributed by atoms with Crippen LogP contribution in [-0.4, -0.2) is 168 Å². The topological polar surface area (TPSA) is 269 Å². The summed E-state index contributed by atoms with van der Waals surface area (Å²) < 4.78 is 26.4. The highest BCUT2D eigenvalue weighted by molar-refractivity contribution is 4.97. The molecule has 200 valence electrons. The highest BCUT2D eigenvalue weighted by Gasteiger charge is 2.54. The van der Waals surface area contributed by atoms with Gasteiger partial charge in [0.1, 0.15) is 73.2 Å². The number of rotatable bonds is 10. The van der Waals surface area contributed by atoms with E-state index >= 15 is 0 Å². The van der Waals surface area contributed by atoms with Gasteiger partial charge in [0, 0.05) is 0 Å². The summed E-state index contributed by atoms with van der Waals surface area (Å²) in [6.07, 6.45) is -24.0. The molecule has 3 aliphatic heterocycles. The molecule has 3 fully saturated rings. The second-order valence-corrected chi connectivity index (χ2v) is 8.34. The number of aliphatic hydroxyl groups excluding tert-OH is 11. The monoisotopic (exact) mass is 504 g/mol. The Balaban J connectivity index is 1.67. The molecular weight excluding hydrogens is 472 g/mol. The summed E-state index contributed by atoms with van der Waals surface area (Å²) in [6.45, 7) is -2.42. The molecule has 34 heavy (non-hydrogen) atoms. The summed E-state index contributed by atoms with van der Waals surface area (Å²) in [5.41, 5.74) is 0. The van der Waals surface area contributed by atoms with Crippen LogP contribution in [0, 0.1) is 0 Å². The number of ether oxygens (including phenoxy) is 5. The van der Waals surface area contributed by atoms with Crippen molar-refractivity contribution < 1.29 is 79.9 Å². The molecule has 3 heterocycles. The lowest BCUT2D eigenvalue weighted by Gasteiger charge is -2.29. The zero-order chi connectivity index (χ0) is 25.3. The maximum absolute atomic E-state index is 10.4. The first-order valence-corrected chi connectivity index (χ1v) is 10.6. The van der Waals surface area contributed by atoms with Gasteiger partial charge in [-0.05, 0) is 0 Å². The van der Waals surface area contributed by atoms with Crippen molar-refractivity contribution in [3.8, 4) is 0 Å². The molecule has 0 aliphatic carbocycles. The lowest BCUT2D eigenvalue weighted by atomic mass is 10.0. The molecule has 0 amide bonds. The first-order valence-electron chi connectivity index (χ1n) is 10.6. The minimum atomic E-state index is -1.78. The highest BCUT2D eigenvalue weighted by atomic mass is 16.8.